The molecule has 0 spiro atoms. The van der Waals surface area contributed by atoms with E-state index in [0.717, 1.165) is 15.9 Å². The number of carbonyl (C=O) groups is 1. The van der Waals surface area contributed by atoms with Gasteiger partial charge in [-0.3, -0.25) is 0 Å². The van der Waals surface area contributed by atoms with Gasteiger partial charge in [0.25, 0.3) is 0 Å². The van der Waals surface area contributed by atoms with Crippen LogP contribution in [0.2, 0.25) is 0 Å². The third kappa shape index (κ3) is 6.13. The number of amides is 1. The Bertz CT molecular complexity index is 1310. The van der Waals surface area contributed by atoms with E-state index in [0.29, 0.717) is 11.7 Å². The third-order valence-corrected chi connectivity index (χ3v) is 11.5. The van der Waals surface area contributed by atoms with E-state index in [2.05, 4.69) is 22.0 Å². The number of benzene rings is 4. The first-order chi connectivity index (χ1) is 17.3. The van der Waals surface area contributed by atoms with E-state index in [1.54, 1.807) is 6.07 Å². The van der Waals surface area contributed by atoms with Crippen LogP contribution in [0.15, 0.2) is 108 Å². The normalized spacial score (nSPS) is 11.6. The van der Waals surface area contributed by atoms with Crippen molar-refractivity contribution in [2.24, 2.45) is 0 Å². The number of rotatable bonds is 6. The quantitative estimate of drug-likeness (QED) is 0.239. The Morgan fingerprint density at radius 2 is 1.27 bits per heavy atom. The molecular weight excluding hydrogens is 628 g/mol. The van der Waals surface area contributed by atoms with Gasteiger partial charge in [0, 0.05) is 0 Å². The average Bonchev–Trinajstić information content (AvgIpc) is 2.89. The van der Waals surface area contributed by atoms with Gasteiger partial charge >= 0.3 is 216 Å². The van der Waals surface area contributed by atoms with Crippen LogP contribution < -0.4 is 21.2 Å². The van der Waals surface area contributed by atoms with Crippen LogP contribution in [0.25, 0.3) is 0 Å². The molecule has 4 aromatic carbocycles. The summed E-state index contributed by atoms with van der Waals surface area (Å²) in [6, 6.07) is 34.6. The second-order valence-corrected chi connectivity index (χ2v) is 13.0. The summed E-state index contributed by atoms with van der Waals surface area (Å²) in [5, 5.41) is 14.8. The van der Waals surface area contributed by atoms with Crippen LogP contribution in [0.1, 0.15) is 11.1 Å². The van der Waals surface area contributed by atoms with Crippen LogP contribution in [-0.2, 0) is 11.0 Å². The number of nitrogens with one attached hydrogen (secondary N) is 1. The summed E-state index contributed by atoms with van der Waals surface area (Å²) in [5.41, 5.74) is 0.733. The molecular formula is C28H22Br2F3N2OP. The molecule has 4 aromatic rings. The van der Waals surface area contributed by atoms with Crippen molar-refractivity contribution < 1.29 is 18.0 Å². The van der Waals surface area contributed by atoms with Crippen molar-refractivity contribution in [1.29, 1.82) is 5.26 Å². The Morgan fingerprint density at radius 1 is 0.838 bits per heavy atom. The molecule has 0 bridgehead atoms. The first-order valence-electron chi connectivity index (χ1n) is 11.0. The molecule has 9 heteroatoms. The molecule has 0 aliphatic rings. The van der Waals surface area contributed by atoms with Crippen molar-refractivity contribution in [2.45, 2.75) is 12.3 Å². The average molecular weight is 650 g/mol. The van der Waals surface area contributed by atoms with Gasteiger partial charge in [-0.1, -0.05) is 0 Å². The molecule has 4 rings (SSSR count). The summed E-state index contributed by atoms with van der Waals surface area (Å²) < 4.78 is 39.8. The number of nitrogens with zero attached hydrogens (tertiary/aromatic N) is 1. The Kier molecular flexibility index (Phi) is 9.31. The molecule has 0 aliphatic carbocycles. The van der Waals surface area contributed by atoms with E-state index in [1.807, 2.05) is 96.3 Å². The van der Waals surface area contributed by atoms with E-state index in [4.69, 9.17) is 0 Å². The monoisotopic (exact) mass is 648 g/mol. The number of hydrogen-bond acceptors (Lipinski definition) is 2. The van der Waals surface area contributed by atoms with Gasteiger partial charge < -0.3 is 0 Å². The molecule has 1 N–H and O–H groups in total. The third-order valence-electron chi connectivity index (χ3n) is 6.05. The minimum atomic E-state index is -5.06. The molecule has 0 aliphatic heterocycles. The molecule has 0 radical (unpaired) electrons. The number of anilines is 1. The van der Waals surface area contributed by atoms with Crippen LogP contribution in [-0.4, -0.2) is 12.1 Å². The fraction of sp³-hybridized carbons (Fsp3) is 0.0714. The van der Waals surface area contributed by atoms with Crippen molar-refractivity contribution in [3.05, 3.63) is 119 Å². The molecule has 190 valence electrons. The van der Waals surface area contributed by atoms with Crippen molar-refractivity contribution in [2.75, 3.05) is 5.32 Å². The Balaban J connectivity index is 0.00000380. The van der Waals surface area contributed by atoms with E-state index >= 15 is 0 Å². The molecule has 0 unspecified atom stereocenters. The summed E-state index contributed by atoms with van der Waals surface area (Å²) in [6.45, 7) is 0. The molecule has 0 fully saturated rings. The number of hydrogen-bond donors (Lipinski definition) is 1. The zero-order chi connectivity index (χ0) is 25.8. The fourth-order valence-electron chi connectivity index (χ4n) is 4.45. The van der Waals surface area contributed by atoms with Crippen LogP contribution in [0, 0.1) is 11.3 Å². The molecule has 3 nitrogen and oxygen atoms in total. The predicted octanol–water partition coefficient (Wildman–Crippen LogP) is 6.63. The van der Waals surface area contributed by atoms with Gasteiger partial charge in [0.15, 0.2) is 0 Å². The predicted molar refractivity (Wildman–Crippen MR) is 154 cm³/mol. The summed E-state index contributed by atoms with van der Waals surface area (Å²) >= 11 is 3.29. The van der Waals surface area contributed by atoms with Gasteiger partial charge in [-0.05, 0) is 0 Å². The Morgan fingerprint density at radius 3 is 1.65 bits per heavy atom. The molecule has 0 saturated heterocycles. The topological polar surface area (TPSA) is 52.9 Å². The van der Waals surface area contributed by atoms with Gasteiger partial charge in [-0.15, -0.1) is 17.0 Å². The van der Waals surface area contributed by atoms with E-state index < -0.39 is 19.3 Å². The zero-order valence-corrected chi connectivity index (χ0v) is 23.6. The standard InChI is InChI=1S/C28H21BrF3N2OP.BrH/c29-25-17-20(18-33)16-21(26(25)34-27(35)28(30,31)32)19-36(22-10-4-1-5-11-22,23-12-6-2-7-13-23)24-14-8-3-9-15-24;/h1-17,36H,19H2,(H,34,35);1H. The Hall–Kier alpha value is -2.98. The van der Waals surface area contributed by atoms with Crippen LogP contribution in [0.3, 0.4) is 0 Å². The molecule has 1 amide bonds. The second kappa shape index (κ2) is 12.0. The van der Waals surface area contributed by atoms with Crippen molar-refractivity contribution in [3.8, 4) is 6.07 Å². The van der Waals surface area contributed by atoms with Gasteiger partial charge in [-0.2, -0.15) is 0 Å². The van der Waals surface area contributed by atoms with Crippen molar-refractivity contribution in [1.82, 2.24) is 0 Å². The SMILES string of the molecule is Br.N#Cc1cc(Br)c(NC(=O)C(F)(F)F)c(C[PH](c2ccccc2)(c2ccccc2)c2ccccc2)c1. The second-order valence-electron chi connectivity index (χ2n) is 8.24. The molecule has 0 atom stereocenters. The number of nitriles is 1. The first kappa shape index (κ1) is 28.6. The molecule has 0 saturated carbocycles. The Labute approximate surface area is 232 Å². The van der Waals surface area contributed by atoms with Gasteiger partial charge in [0.2, 0.25) is 0 Å². The summed E-state index contributed by atoms with van der Waals surface area (Å²) in [7, 11) is -2.91. The van der Waals surface area contributed by atoms with Crippen molar-refractivity contribution >= 4 is 67.7 Å². The summed E-state index contributed by atoms with van der Waals surface area (Å²) in [6.07, 6.45) is -4.75. The maximum atomic E-state index is 13.2. The molecule has 0 heterocycles. The van der Waals surface area contributed by atoms with Gasteiger partial charge in [0.1, 0.15) is 0 Å². The van der Waals surface area contributed by atoms with Crippen molar-refractivity contribution in [3.63, 3.8) is 0 Å². The zero-order valence-electron chi connectivity index (χ0n) is 19.3. The van der Waals surface area contributed by atoms with E-state index in [1.165, 1.54) is 6.07 Å². The van der Waals surface area contributed by atoms with E-state index in [-0.39, 0.29) is 32.7 Å². The summed E-state index contributed by atoms with van der Waals surface area (Å²) in [5.74, 6) is -2.07. The number of halogens is 5. The minimum absolute atomic E-state index is 0. The maximum absolute atomic E-state index is 13.2. The van der Waals surface area contributed by atoms with Gasteiger partial charge in [0.05, 0.1) is 0 Å². The fourth-order valence-corrected chi connectivity index (χ4v) is 9.80. The van der Waals surface area contributed by atoms with Crippen LogP contribution >= 0.6 is 40.2 Å². The van der Waals surface area contributed by atoms with Gasteiger partial charge in [-0.25, -0.2) is 0 Å². The van der Waals surface area contributed by atoms with Crippen LogP contribution in [0.4, 0.5) is 18.9 Å². The number of alkyl halides is 3. The molecule has 0 aromatic heterocycles. The molecule has 37 heavy (non-hydrogen) atoms. The van der Waals surface area contributed by atoms with E-state index in [9.17, 15) is 23.2 Å². The van der Waals surface area contributed by atoms with Crippen LogP contribution in [0.5, 0.6) is 0 Å². The summed E-state index contributed by atoms with van der Waals surface area (Å²) in [4.78, 5) is 12.0. The first-order valence-corrected chi connectivity index (χ1v) is 14.0. The number of carbonyl (C=O) groups excluding carboxylic acids is 1.